The van der Waals surface area contributed by atoms with Crippen molar-refractivity contribution in [2.75, 3.05) is 23.4 Å². The number of hydrogen-bond donors (Lipinski definition) is 2. The Kier molecular flexibility index (Phi) is 5.06. The molecule has 0 fully saturated rings. The van der Waals surface area contributed by atoms with Crippen LogP contribution in [0.25, 0.3) is 22.5 Å². The summed E-state index contributed by atoms with van der Waals surface area (Å²) in [6, 6.07) is 15.7. The number of carbonyl (C=O) groups excluding carboxylic acids is 1. The van der Waals surface area contributed by atoms with Crippen molar-refractivity contribution < 1.29 is 19.1 Å². The molecule has 2 aromatic heterocycles. The standard InChI is InChI=1S/C24H18FN5O3/c25-17-7-5-15(6-8-17)20-21(16-9-11-26-12-10-16)30-24(28-20)29(14-13-27-30)22(31)18-3-1-2-4-19(18)23(32)33/h1-12,27H,13-14H2,(H,32,33). The number of carboxylic acid groups (broad SMARTS) is 1. The fourth-order valence-electron chi connectivity index (χ4n) is 3.89. The lowest BCUT2D eigenvalue weighted by Gasteiger charge is -2.29. The van der Waals surface area contributed by atoms with Gasteiger partial charge in [0.1, 0.15) is 11.5 Å². The number of imidazole rings is 1. The van der Waals surface area contributed by atoms with Gasteiger partial charge in [0.15, 0.2) is 0 Å². The van der Waals surface area contributed by atoms with Crippen molar-refractivity contribution in [3.05, 3.63) is 90.0 Å². The van der Waals surface area contributed by atoms with Gasteiger partial charge < -0.3 is 10.5 Å². The number of anilines is 1. The molecule has 1 aliphatic rings. The average molecular weight is 443 g/mol. The highest BCUT2D eigenvalue weighted by atomic mass is 19.1. The van der Waals surface area contributed by atoms with Crippen LogP contribution in [0.15, 0.2) is 73.1 Å². The van der Waals surface area contributed by atoms with E-state index in [9.17, 15) is 19.1 Å². The van der Waals surface area contributed by atoms with Gasteiger partial charge in [-0.15, -0.1) is 0 Å². The Morgan fingerprint density at radius 1 is 0.939 bits per heavy atom. The van der Waals surface area contributed by atoms with Crippen LogP contribution in [-0.4, -0.2) is 44.7 Å². The summed E-state index contributed by atoms with van der Waals surface area (Å²) < 4.78 is 15.3. The fourth-order valence-corrected chi connectivity index (χ4v) is 3.89. The van der Waals surface area contributed by atoms with Gasteiger partial charge in [0.25, 0.3) is 5.91 Å². The molecule has 2 aromatic carbocycles. The first-order valence-corrected chi connectivity index (χ1v) is 10.2. The Hall–Kier alpha value is -4.53. The van der Waals surface area contributed by atoms with Crippen LogP contribution in [0.3, 0.4) is 0 Å². The number of halogens is 1. The van der Waals surface area contributed by atoms with Crippen LogP contribution in [0.1, 0.15) is 20.7 Å². The fraction of sp³-hybridized carbons (Fsp3) is 0.0833. The average Bonchev–Trinajstić information content (AvgIpc) is 3.24. The Bertz CT molecular complexity index is 1350. The van der Waals surface area contributed by atoms with Crippen LogP contribution in [-0.2, 0) is 0 Å². The van der Waals surface area contributed by atoms with E-state index in [4.69, 9.17) is 4.98 Å². The summed E-state index contributed by atoms with van der Waals surface area (Å²) in [5.74, 6) is -1.69. The number of nitrogens with one attached hydrogen (secondary N) is 1. The zero-order chi connectivity index (χ0) is 22.9. The molecule has 0 unspecified atom stereocenters. The third-order valence-corrected chi connectivity index (χ3v) is 5.41. The van der Waals surface area contributed by atoms with Gasteiger partial charge >= 0.3 is 5.97 Å². The molecule has 164 valence electrons. The SMILES string of the molecule is O=C(O)c1ccccc1C(=O)N1CCNn2c1nc(-c1ccc(F)cc1)c2-c1ccncc1. The molecule has 0 bridgehead atoms. The molecule has 9 heteroatoms. The van der Waals surface area contributed by atoms with Crippen LogP contribution in [0.5, 0.6) is 0 Å². The molecule has 0 saturated heterocycles. The van der Waals surface area contributed by atoms with E-state index in [1.165, 1.54) is 29.2 Å². The maximum atomic E-state index is 13.6. The van der Waals surface area contributed by atoms with Gasteiger partial charge in [-0.25, -0.2) is 18.8 Å². The molecular weight excluding hydrogens is 425 g/mol. The predicted octanol–water partition coefficient (Wildman–Crippen LogP) is 3.65. The van der Waals surface area contributed by atoms with Crippen molar-refractivity contribution in [3.8, 4) is 22.5 Å². The first kappa shape index (κ1) is 20.4. The summed E-state index contributed by atoms with van der Waals surface area (Å²) in [6.45, 7) is 0.716. The number of carboxylic acids is 1. The first-order valence-electron chi connectivity index (χ1n) is 10.2. The zero-order valence-corrected chi connectivity index (χ0v) is 17.3. The number of pyridine rings is 1. The van der Waals surface area contributed by atoms with E-state index in [0.717, 1.165) is 5.56 Å². The topological polar surface area (TPSA) is 100 Å². The Morgan fingerprint density at radius 3 is 2.33 bits per heavy atom. The van der Waals surface area contributed by atoms with Crippen LogP contribution < -0.4 is 10.3 Å². The van der Waals surface area contributed by atoms with Gasteiger partial charge in [0.05, 0.1) is 16.8 Å². The highest BCUT2D eigenvalue weighted by Crippen LogP contribution is 2.36. The molecule has 1 amide bonds. The number of fused-ring (bicyclic) bond motifs is 1. The number of aromatic nitrogens is 3. The van der Waals surface area contributed by atoms with Crippen LogP contribution in [0.4, 0.5) is 10.3 Å². The summed E-state index contributed by atoms with van der Waals surface area (Å²) in [6.07, 6.45) is 3.30. The molecule has 1 aliphatic heterocycles. The number of nitrogens with zero attached hydrogens (tertiary/aromatic N) is 4. The lowest BCUT2D eigenvalue weighted by Crippen LogP contribution is -2.44. The van der Waals surface area contributed by atoms with Gasteiger partial charge in [0, 0.05) is 36.6 Å². The molecule has 33 heavy (non-hydrogen) atoms. The van der Waals surface area contributed by atoms with Crippen LogP contribution in [0.2, 0.25) is 0 Å². The lowest BCUT2D eigenvalue weighted by atomic mass is 10.1. The number of rotatable bonds is 4. The third kappa shape index (κ3) is 3.59. The van der Waals surface area contributed by atoms with E-state index in [1.807, 2.05) is 12.1 Å². The third-order valence-electron chi connectivity index (χ3n) is 5.41. The highest BCUT2D eigenvalue weighted by molar-refractivity contribution is 6.11. The second kappa shape index (κ2) is 8.19. The van der Waals surface area contributed by atoms with E-state index in [0.29, 0.717) is 36.0 Å². The first-order chi connectivity index (χ1) is 16.0. The van der Waals surface area contributed by atoms with Gasteiger partial charge in [-0.2, -0.15) is 0 Å². The maximum absolute atomic E-state index is 13.6. The quantitative estimate of drug-likeness (QED) is 0.499. The maximum Gasteiger partial charge on any atom is 0.336 e. The summed E-state index contributed by atoms with van der Waals surface area (Å²) in [4.78, 5) is 35.4. The number of carbonyl (C=O) groups is 2. The van der Waals surface area contributed by atoms with Gasteiger partial charge in [-0.3, -0.25) is 14.7 Å². The van der Waals surface area contributed by atoms with Crippen molar-refractivity contribution in [1.29, 1.82) is 0 Å². The zero-order valence-electron chi connectivity index (χ0n) is 17.3. The van der Waals surface area contributed by atoms with Gasteiger partial charge in [-0.1, -0.05) is 12.1 Å². The van der Waals surface area contributed by atoms with E-state index in [-0.39, 0.29) is 16.9 Å². The highest BCUT2D eigenvalue weighted by Gasteiger charge is 2.32. The van der Waals surface area contributed by atoms with Crippen LogP contribution in [0, 0.1) is 5.82 Å². The van der Waals surface area contributed by atoms with E-state index in [2.05, 4.69) is 10.4 Å². The minimum absolute atomic E-state index is 0.0766. The monoisotopic (exact) mass is 443 g/mol. The van der Waals surface area contributed by atoms with Crippen molar-refractivity contribution >= 4 is 17.8 Å². The molecule has 0 atom stereocenters. The summed E-state index contributed by atoms with van der Waals surface area (Å²) >= 11 is 0. The Morgan fingerprint density at radius 2 is 1.64 bits per heavy atom. The summed E-state index contributed by atoms with van der Waals surface area (Å²) in [7, 11) is 0. The number of aromatic carboxylic acids is 1. The van der Waals surface area contributed by atoms with E-state index in [1.54, 1.807) is 41.3 Å². The molecule has 4 aromatic rings. The van der Waals surface area contributed by atoms with Crippen molar-refractivity contribution in [2.24, 2.45) is 0 Å². The molecule has 2 N–H and O–H groups in total. The lowest BCUT2D eigenvalue weighted by molar-refractivity contribution is 0.0692. The van der Waals surface area contributed by atoms with Crippen molar-refractivity contribution in [2.45, 2.75) is 0 Å². The minimum Gasteiger partial charge on any atom is -0.478 e. The van der Waals surface area contributed by atoms with E-state index >= 15 is 0 Å². The molecular formula is C24H18FN5O3. The van der Waals surface area contributed by atoms with Crippen LogP contribution >= 0.6 is 0 Å². The predicted molar refractivity (Wildman–Crippen MR) is 120 cm³/mol. The summed E-state index contributed by atoms with van der Waals surface area (Å²) in [5, 5.41) is 9.54. The Balaban J connectivity index is 1.68. The second-order valence-corrected chi connectivity index (χ2v) is 7.40. The molecule has 0 radical (unpaired) electrons. The molecule has 0 aliphatic carbocycles. The summed E-state index contributed by atoms with van der Waals surface area (Å²) in [5.41, 5.74) is 5.96. The van der Waals surface area contributed by atoms with Crippen molar-refractivity contribution in [3.63, 3.8) is 0 Å². The molecule has 0 spiro atoms. The Labute approximate surface area is 187 Å². The molecule has 3 heterocycles. The van der Waals surface area contributed by atoms with Gasteiger partial charge in [0.2, 0.25) is 5.95 Å². The normalized spacial score (nSPS) is 12.7. The second-order valence-electron chi connectivity index (χ2n) is 7.40. The largest absolute Gasteiger partial charge is 0.478 e. The van der Waals surface area contributed by atoms with E-state index < -0.39 is 11.9 Å². The van der Waals surface area contributed by atoms with Crippen molar-refractivity contribution in [1.82, 2.24) is 14.6 Å². The number of hydrogen-bond acceptors (Lipinski definition) is 5. The van der Waals surface area contributed by atoms with Gasteiger partial charge in [-0.05, 0) is 48.5 Å². The molecule has 0 saturated carbocycles. The molecule has 8 nitrogen and oxygen atoms in total. The number of benzene rings is 2. The minimum atomic E-state index is -1.18. The smallest absolute Gasteiger partial charge is 0.336 e. The molecule has 5 rings (SSSR count). The number of amides is 1.